The van der Waals surface area contributed by atoms with Crippen LogP contribution in [0, 0.1) is 13.5 Å². The Labute approximate surface area is 110 Å². The van der Waals surface area contributed by atoms with E-state index < -0.39 is 0 Å². The first-order valence-electron chi connectivity index (χ1n) is 3.89. The van der Waals surface area contributed by atoms with Crippen LogP contribution in [0.25, 0.3) is 0 Å². The molecule has 0 fully saturated rings. The van der Waals surface area contributed by atoms with E-state index in [2.05, 4.69) is 19.1 Å². The van der Waals surface area contributed by atoms with Crippen molar-refractivity contribution in [2.75, 3.05) is 0 Å². The SMILES string of the molecule is CC.CCc1[c-]cccc1.[CH3-].[Re].[Rh]. The van der Waals surface area contributed by atoms with Crippen LogP contribution in [0.2, 0.25) is 0 Å². The predicted octanol–water partition coefficient (Wildman–Crippen LogP) is 3.52. The maximum absolute atomic E-state index is 3.12. The molecule has 0 spiro atoms. The molecule has 0 aromatic heterocycles. The molecule has 1 aromatic carbocycles. The van der Waals surface area contributed by atoms with Crippen molar-refractivity contribution in [3.05, 3.63) is 43.3 Å². The van der Waals surface area contributed by atoms with E-state index in [9.17, 15) is 0 Å². The zero-order chi connectivity index (χ0) is 7.82. The van der Waals surface area contributed by atoms with Crippen molar-refractivity contribution >= 4 is 0 Å². The Hall–Kier alpha value is 0.506. The molecule has 0 aliphatic rings. The number of hydrogen-bond donors (Lipinski definition) is 0. The van der Waals surface area contributed by atoms with Crippen molar-refractivity contribution in [1.82, 2.24) is 0 Å². The third-order valence-corrected chi connectivity index (χ3v) is 1.15. The Morgan fingerprint density at radius 2 is 1.77 bits per heavy atom. The summed E-state index contributed by atoms with van der Waals surface area (Å²) in [6, 6.07) is 11.2. The molecule has 0 saturated heterocycles. The van der Waals surface area contributed by atoms with Crippen molar-refractivity contribution in [3.8, 4) is 0 Å². The number of rotatable bonds is 1. The standard InChI is InChI=1S/C8H9.C2H6.CH3.Re.Rh/c1-2-8-6-4-3-5-7-8;1-2;;;/h3-6H,2H2,1H3;1-2H3;1H3;;/q-1;;-1;;. The first kappa shape index (κ1) is 23.4. The molecule has 0 nitrogen and oxygen atoms in total. The average molecular weight is 439 g/mol. The number of hydrogen-bond acceptors (Lipinski definition) is 0. The molecule has 2 heteroatoms. The summed E-state index contributed by atoms with van der Waals surface area (Å²) >= 11 is 0. The molecule has 0 aliphatic carbocycles. The van der Waals surface area contributed by atoms with Crippen LogP contribution < -0.4 is 0 Å². The fourth-order valence-corrected chi connectivity index (χ4v) is 0.650. The second kappa shape index (κ2) is 18.3. The summed E-state index contributed by atoms with van der Waals surface area (Å²) in [6.07, 6.45) is 1.08. The molecule has 0 saturated carbocycles. The summed E-state index contributed by atoms with van der Waals surface area (Å²) in [5, 5.41) is 0. The first-order chi connectivity index (χ1) is 4.93. The van der Waals surface area contributed by atoms with Gasteiger partial charge in [-0.2, -0.15) is 35.9 Å². The van der Waals surface area contributed by atoms with Gasteiger partial charge in [0.05, 0.1) is 0 Å². The summed E-state index contributed by atoms with van der Waals surface area (Å²) in [7, 11) is 0. The van der Waals surface area contributed by atoms with Crippen LogP contribution in [-0.2, 0) is 46.3 Å². The van der Waals surface area contributed by atoms with Gasteiger partial charge in [-0.15, -0.1) is 0 Å². The molecule has 0 heterocycles. The van der Waals surface area contributed by atoms with Gasteiger partial charge in [0.25, 0.3) is 0 Å². The molecule has 1 aromatic rings. The molecule has 0 aliphatic heterocycles. The maximum Gasteiger partial charge on any atom is 0 e. The van der Waals surface area contributed by atoms with Crippen molar-refractivity contribution < 1.29 is 39.9 Å². The molecule has 0 bridgehead atoms. The van der Waals surface area contributed by atoms with Crippen molar-refractivity contribution in [2.24, 2.45) is 0 Å². The molecular formula is C11H18ReRh-2. The Balaban J connectivity index is -0.0000000761. The first-order valence-corrected chi connectivity index (χ1v) is 3.89. The summed E-state index contributed by atoms with van der Waals surface area (Å²) in [4.78, 5) is 0. The van der Waals surface area contributed by atoms with Gasteiger partial charge in [-0.3, -0.25) is 0 Å². The van der Waals surface area contributed by atoms with E-state index in [4.69, 9.17) is 0 Å². The van der Waals surface area contributed by atoms with Crippen molar-refractivity contribution in [1.29, 1.82) is 0 Å². The second-order valence-corrected chi connectivity index (χ2v) is 1.74. The quantitative estimate of drug-likeness (QED) is 0.464. The molecule has 2 radical (unpaired) electrons. The smallest absolute Gasteiger partial charge is 0 e. The minimum absolute atomic E-state index is 0. The van der Waals surface area contributed by atoms with E-state index >= 15 is 0 Å². The zero-order valence-electron chi connectivity index (χ0n) is 8.73. The molecule has 0 atom stereocenters. The van der Waals surface area contributed by atoms with Crippen molar-refractivity contribution in [2.45, 2.75) is 27.2 Å². The third-order valence-electron chi connectivity index (χ3n) is 1.15. The minimum Gasteiger partial charge on any atom is -0.358 e. The Kier molecular flexibility index (Phi) is 32.9. The number of benzene rings is 1. The zero-order valence-corrected chi connectivity index (χ0v) is 13.1. The fourth-order valence-electron chi connectivity index (χ4n) is 0.650. The summed E-state index contributed by atoms with van der Waals surface area (Å²) < 4.78 is 0. The van der Waals surface area contributed by atoms with Crippen LogP contribution in [0.3, 0.4) is 0 Å². The predicted molar refractivity (Wildman–Crippen MR) is 52.4 cm³/mol. The van der Waals surface area contributed by atoms with Gasteiger partial charge in [0.15, 0.2) is 0 Å². The topological polar surface area (TPSA) is 0 Å². The van der Waals surface area contributed by atoms with Gasteiger partial charge in [-0.05, 0) is 0 Å². The monoisotopic (exact) mass is 440 g/mol. The van der Waals surface area contributed by atoms with E-state index in [1.54, 1.807) is 0 Å². The molecule has 0 unspecified atom stereocenters. The summed E-state index contributed by atoms with van der Waals surface area (Å²) in [6.45, 7) is 6.13. The van der Waals surface area contributed by atoms with Gasteiger partial charge in [-0.25, -0.2) is 0 Å². The van der Waals surface area contributed by atoms with E-state index in [0.717, 1.165) is 6.42 Å². The van der Waals surface area contributed by atoms with Gasteiger partial charge >= 0.3 is 0 Å². The molecule has 13 heavy (non-hydrogen) atoms. The van der Waals surface area contributed by atoms with Crippen LogP contribution in [0.4, 0.5) is 0 Å². The number of aryl methyl sites for hydroxylation is 1. The van der Waals surface area contributed by atoms with E-state index in [0.29, 0.717) is 0 Å². The Morgan fingerprint density at radius 3 is 2.00 bits per heavy atom. The van der Waals surface area contributed by atoms with Gasteiger partial charge in [0.1, 0.15) is 0 Å². The fraction of sp³-hybridized carbons (Fsp3) is 0.364. The Morgan fingerprint density at radius 1 is 1.23 bits per heavy atom. The largest absolute Gasteiger partial charge is 0.358 e. The van der Waals surface area contributed by atoms with E-state index in [-0.39, 0.29) is 47.3 Å². The second-order valence-electron chi connectivity index (χ2n) is 1.74. The molecule has 1 rings (SSSR count). The van der Waals surface area contributed by atoms with E-state index in [1.807, 2.05) is 32.0 Å². The van der Waals surface area contributed by atoms with Crippen LogP contribution in [-0.4, -0.2) is 0 Å². The molecule has 0 amide bonds. The van der Waals surface area contributed by atoms with Crippen LogP contribution in [0.15, 0.2) is 24.3 Å². The van der Waals surface area contributed by atoms with Gasteiger partial charge in [0, 0.05) is 39.9 Å². The van der Waals surface area contributed by atoms with Crippen molar-refractivity contribution in [3.63, 3.8) is 0 Å². The minimum atomic E-state index is 0. The van der Waals surface area contributed by atoms with Gasteiger partial charge in [0.2, 0.25) is 0 Å². The van der Waals surface area contributed by atoms with Gasteiger partial charge < -0.3 is 7.43 Å². The molecule has 80 valence electrons. The normalized spacial score (nSPS) is 6.08. The Bertz CT molecular complexity index is 151. The van der Waals surface area contributed by atoms with Gasteiger partial charge in [-0.1, -0.05) is 27.2 Å². The average Bonchev–Trinajstić information content (AvgIpc) is 2.10. The molecular weight excluding hydrogens is 421 g/mol. The third kappa shape index (κ3) is 12.5. The van der Waals surface area contributed by atoms with Crippen LogP contribution >= 0.6 is 0 Å². The summed E-state index contributed by atoms with van der Waals surface area (Å²) in [5.74, 6) is 0. The summed E-state index contributed by atoms with van der Waals surface area (Å²) in [5.41, 5.74) is 1.28. The van der Waals surface area contributed by atoms with Crippen LogP contribution in [0.5, 0.6) is 0 Å². The van der Waals surface area contributed by atoms with Crippen LogP contribution in [0.1, 0.15) is 26.3 Å². The van der Waals surface area contributed by atoms with E-state index in [1.165, 1.54) is 5.56 Å². The maximum atomic E-state index is 3.12. The molecule has 0 N–H and O–H groups in total.